The topological polar surface area (TPSA) is 84.6 Å². The highest BCUT2D eigenvalue weighted by Gasteiger charge is 2.31. The lowest BCUT2D eigenvalue weighted by Crippen LogP contribution is -2.43. The first-order valence-corrected chi connectivity index (χ1v) is 16.2. The lowest BCUT2D eigenvalue weighted by Gasteiger charge is -2.37. The molecule has 5 rings (SSSR count). The predicted octanol–water partition coefficient (Wildman–Crippen LogP) is 8.38. The van der Waals surface area contributed by atoms with Crippen LogP contribution in [0.5, 0.6) is 5.75 Å². The Bertz CT molecular complexity index is 1650. The number of aromatic nitrogens is 3. The third-order valence-corrected chi connectivity index (χ3v) is 8.69. The molecule has 0 radical (unpaired) electrons. The summed E-state index contributed by atoms with van der Waals surface area (Å²) in [5.41, 5.74) is 4.80. The van der Waals surface area contributed by atoms with Crippen LogP contribution in [0.2, 0.25) is 0 Å². The number of benzene rings is 3. The molecule has 0 spiro atoms. The van der Waals surface area contributed by atoms with E-state index in [1.54, 1.807) is 11.8 Å². The largest absolute Gasteiger partial charge is 0.573 e. The standard InChI is InChI=1S/C34H37F3N6O2S/c1-22(2)29-7-5-6-8-30(29)43-24(4)19-20-46-33(43)40-32(44)39-23(3)9-10-25-11-13-26(14-12-25)31-38-21-42(41-31)27-15-17-28(18-16-27)45-34(35,36)37/h5-8,11-18,21-24H,9-10,19-20H2,1-4H3,(H,39,44). The number of aryl methyl sites for hydroxylation is 1. The quantitative estimate of drug-likeness (QED) is 0.196. The molecule has 46 heavy (non-hydrogen) atoms. The Morgan fingerprint density at radius 3 is 2.48 bits per heavy atom. The van der Waals surface area contributed by atoms with Crippen molar-refractivity contribution in [1.29, 1.82) is 0 Å². The van der Waals surface area contributed by atoms with E-state index in [-0.39, 0.29) is 23.9 Å². The number of para-hydroxylation sites is 1. The van der Waals surface area contributed by atoms with Crippen LogP contribution in [0.15, 0.2) is 84.1 Å². The van der Waals surface area contributed by atoms with Crippen LogP contribution in [0.1, 0.15) is 57.6 Å². The average Bonchev–Trinajstić information content (AvgIpc) is 3.50. The number of nitrogens with one attached hydrogen (secondary N) is 1. The third-order valence-electron chi connectivity index (χ3n) is 7.70. The van der Waals surface area contributed by atoms with E-state index in [1.165, 1.54) is 40.8 Å². The van der Waals surface area contributed by atoms with Crippen LogP contribution in [0.4, 0.5) is 23.7 Å². The number of rotatable bonds is 9. The van der Waals surface area contributed by atoms with Crippen molar-refractivity contribution in [3.8, 4) is 22.8 Å². The number of anilines is 1. The maximum absolute atomic E-state index is 13.0. The summed E-state index contributed by atoms with van der Waals surface area (Å²) >= 11 is 1.62. The summed E-state index contributed by atoms with van der Waals surface area (Å²) in [5.74, 6) is 1.45. The van der Waals surface area contributed by atoms with Crippen molar-refractivity contribution < 1.29 is 22.7 Å². The number of amides is 2. The molecule has 1 aromatic heterocycles. The zero-order valence-electron chi connectivity index (χ0n) is 26.2. The molecule has 4 aromatic rings. The van der Waals surface area contributed by atoms with Crippen LogP contribution in [0.3, 0.4) is 0 Å². The summed E-state index contributed by atoms with van der Waals surface area (Å²) in [6, 6.07) is 21.4. The fourth-order valence-corrected chi connectivity index (χ4v) is 6.46. The molecule has 0 bridgehead atoms. The summed E-state index contributed by atoms with van der Waals surface area (Å²) in [6.07, 6.45) is -0.730. The Kier molecular flexibility index (Phi) is 10.4. The molecule has 1 aliphatic rings. The number of thioether (sulfide) groups is 1. The molecule has 1 saturated heterocycles. The minimum atomic E-state index is -4.74. The molecule has 2 amide bonds. The number of hydrogen-bond acceptors (Lipinski definition) is 5. The van der Waals surface area contributed by atoms with Crippen molar-refractivity contribution in [2.45, 2.75) is 71.3 Å². The van der Waals surface area contributed by atoms with Gasteiger partial charge in [-0.15, -0.1) is 18.3 Å². The fraction of sp³-hybridized carbons (Fsp3) is 0.353. The van der Waals surface area contributed by atoms with Crippen molar-refractivity contribution in [2.75, 3.05) is 10.7 Å². The molecular formula is C34H37F3N6O2S. The number of halogens is 3. The van der Waals surface area contributed by atoms with E-state index in [4.69, 9.17) is 0 Å². The van der Waals surface area contributed by atoms with E-state index >= 15 is 0 Å². The molecule has 2 atom stereocenters. The lowest BCUT2D eigenvalue weighted by molar-refractivity contribution is -0.274. The third kappa shape index (κ3) is 8.48. The van der Waals surface area contributed by atoms with Gasteiger partial charge in [-0.3, -0.25) is 0 Å². The first-order chi connectivity index (χ1) is 22.0. The molecule has 8 nitrogen and oxygen atoms in total. The normalized spacial score (nSPS) is 16.9. The van der Waals surface area contributed by atoms with Crippen molar-refractivity contribution >= 4 is 28.6 Å². The molecule has 1 fully saturated rings. The molecule has 1 N–H and O–H groups in total. The molecule has 2 heterocycles. The van der Waals surface area contributed by atoms with Gasteiger partial charge in [-0.25, -0.2) is 14.5 Å². The number of ether oxygens (including phenoxy) is 1. The number of alkyl halides is 3. The Morgan fingerprint density at radius 2 is 1.78 bits per heavy atom. The number of aliphatic imine (C=N–C) groups is 1. The van der Waals surface area contributed by atoms with Crippen LogP contribution in [-0.2, 0) is 6.42 Å². The smallest absolute Gasteiger partial charge is 0.406 e. The highest BCUT2D eigenvalue weighted by molar-refractivity contribution is 8.14. The second-order valence-electron chi connectivity index (χ2n) is 11.6. The van der Waals surface area contributed by atoms with Crippen molar-refractivity contribution in [1.82, 2.24) is 20.1 Å². The molecule has 2 unspecified atom stereocenters. The zero-order chi connectivity index (χ0) is 32.8. The van der Waals surface area contributed by atoms with Gasteiger partial charge in [0.25, 0.3) is 0 Å². The Labute approximate surface area is 271 Å². The van der Waals surface area contributed by atoms with Gasteiger partial charge in [0, 0.05) is 29.1 Å². The Morgan fingerprint density at radius 1 is 1.07 bits per heavy atom. The minimum absolute atomic E-state index is 0.0794. The summed E-state index contributed by atoms with van der Waals surface area (Å²) in [6.45, 7) is 8.51. The number of hydrogen-bond donors (Lipinski definition) is 1. The molecule has 12 heteroatoms. The second kappa shape index (κ2) is 14.4. The van der Waals surface area contributed by atoms with Crippen LogP contribution in [-0.4, -0.2) is 50.2 Å². The van der Waals surface area contributed by atoms with Crippen molar-refractivity contribution in [3.05, 3.63) is 90.3 Å². The van der Waals surface area contributed by atoms with Gasteiger partial charge in [0.05, 0.1) is 5.69 Å². The SMILES string of the molecule is CC(CCc1ccc(-c2ncn(-c3ccc(OC(F)(F)F)cc3)n2)cc1)NC(=O)N=C1SCCC(C)N1c1ccccc1C(C)C. The molecule has 1 aliphatic heterocycles. The van der Waals surface area contributed by atoms with Crippen molar-refractivity contribution in [3.63, 3.8) is 0 Å². The van der Waals surface area contributed by atoms with Crippen LogP contribution >= 0.6 is 11.8 Å². The lowest BCUT2D eigenvalue weighted by atomic mass is 9.99. The van der Waals surface area contributed by atoms with Gasteiger partial charge in [-0.05, 0) is 80.5 Å². The van der Waals surface area contributed by atoms with Crippen LogP contribution in [0.25, 0.3) is 17.1 Å². The average molecular weight is 651 g/mol. The Hall–Kier alpha value is -4.32. The van der Waals surface area contributed by atoms with Crippen LogP contribution in [0, 0.1) is 0 Å². The molecule has 0 aliphatic carbocycles. The molecule has 0 saturated carbocycles. The maximum Gasteiger partial charge on any atom is 0.573 e. The summed E-state index contributed by atoms with van der Waals surface area (Å²) in [5, 5.41) is 8.23. The highest BCUT2D eigenvalue weighted by Crippen LogP contribution is 2.34. The number of nitrogens with zero attached hydrogens (tertiary/aromatic N) is 5. The summed E-state index contributed by atoms with van der Waals surface area (Å²) in [7, 11) is 0. The predicted molar refractivity (Wildman–Crippen MR) is 177 cm³/mol. The fourth-order valence-electron chi connectivity index (χ4n) is 5.26. The minimum Gasteiger partial charge on any atom is -0.406 e. The first kappa shape index (κ1) is 33.1. The second-order valence-corrected chi connectivity index (χ2v) is 12.7. The van der Waals surface area contributed by atoms with Gasteiger partial charge < -0.3 is 15.0 Å². The maximum atomic E-state index is 13.0. The molecule has 3 aromatic carbocycles. The number of amidine groups is 1. The van der Waals surface area contributed by atoms with E-state index in [2.05, 4.69) is 69.0 Å². The first-order valence-electron chi connectivity index (χ1n) is 15.2. The van der Waals surface area contributed by atoms with Crippen LogP contribution < -0.4 is 15.0 Å². The monoisotopic (exact) mass is 650 g/mol. The van der Waals surface area contributed by atoms with Crippen molar-refractivity contribution in [2.24, 2.45) is 4.99 Å². The van der Waals surface area contributed by atoms with E-state index in [9.17, 15) is 18.0 Å². The molecule has 242 valence electrons. The van der Waals surface area contributed by atoms with E-state index in [0.717, 1.165) is 47.0 Å². The Balaban J connectivity index is 1.16. The number of urea groups is 1. The van der Waals surface area contributed by atoms with E-state index in [0.29, 0.717) is 17.4 Å². The van der Waals surface area contributed by atoms with Gasteiger partial charge in [0.15, 0.2) is 11.0 Å². The van der Waals surface area contributed by atoms with Gasteiger partial charge in [0.1, 0.15) is 12.1 Å². The molecular weight excluding hydrogens is 613 g/mol. The van der Waals surface area contributed by atoms with Gasteiger partial charge in [0.2, 0.25) is 0 Å². The van der Waals surface area contributed by atoms with E-state index in [1.807, 2.05) is 37.3 Å². The summed E-state index contributed by atoms with van der Waals surface area (Å²) < 4.78 is 42.7. The van der Waals surface area contributed by atoms with E-state index < -0.39 is 6.36 Å². The zero-order valence-corrected chi connectivity index (χ0v) is 27.0. The highest BCUT2D eigenvalue weighted by atomic mass is 32.2. The van der Waals surface area contributed by atoms with Gasteiger partial charge in [-0.1, -0.05) is 68.1 Å². The number of carbonyl (C=O) groups excluding carboxylic acids is 1. The van der Waals surface area contributed by atoms with Gasteiger partial charge >= 0.3 is 12.4 Å². The van der Waals surface area contributed by atoms with Gasteiger partial charge in [-0.2, -0.15) is 4.99 Å². The number of carbonyl (C=O) groups is 1. The summed E-state index contributed by atoms with van der Waals surface area (Å²) in [4.78, 5) is 24.1.